The number of aromatic nitrogens is 1. The Bertz CT molecular complexity index is 1330. The van der Waals surface area contributed by atoms with Gasteiger partial charge in [-0.2, -0.15) is 0 Å². The number of amides is 1. The van der Waals surface area contributed by atoms with E-state index in [0.29, 0.717) is 11.7 Å². The van der Waals surface area contributed by atoms with Crippen molar-refractivity contribution in [1.29, 1.82) is 0 Å². The molecule has 1 fully saturated rings. The lowest BCUT2D eigenvalue weighted by molar-refractivity contribution is -0.116. The van der Waals surface area contributed by atoms with Gasteiger partial charge in [-0.3, -0.25) is 9.78 Å². The number of pyridine rings is 1. The summed E-state index contributed by atoms with van der Waals surface area (Å²) in [5.74, 6) is 0.705. The number of nitrogens with zero attached hydrogens (tertiary/aromatic N) is 2. The molecule has 6 nitrogen and oxygen atoms in total. The van der Waals surface area contributed by atoms with Crippen molar-refractivity contribution in [2.45, 2.75) is 35.4 Å². The van der Waals surface area contributed by atoms with Crippen LogP contribution < -0.4 is 10.6 Å². The molecule has 4 aromatic rings. The fraction of sp³-hybridized carbons (Fsp3) is 0.179. The topological polar surface area (TPSA) is 70.4 Å². The van der Waals surface area contributed by atoms with E-state index in [9.17, 15) is 4.79 Å². The van der Waals surface area contributed by atoms with E-state index in [1.165, 1.54) is 0 Å². The van der Waals surface area contributed by atoms with E-state index in [-0.39, 0.29) is 24.4 Å². The van der Waals surface area contributed by atoms with E-state index >= 15 is 0 Å². The molecule has 36 heavy (non-hydrogen) atoms. The first-order valence-electron chi connectivity index (χ1n) is 11.7. The van der Waals surface area contributed by atoms with Gasteiger partial charge in [-0.25, -0.2) is 0 Å². The summed E-state index contributed by atoms with van der Waals surface area (Å²) in [6.45, 7) is 2.46. The van der Waals surface area contributed by atoms with Crippen LogP contribution in [0, 0.1) is 6.92 Å². The monoisotopic (exact) mass is 514 g/mol. The van der Waals surface area contributed by atoms with Crippen LogP contribution >= 0.6 is 24.0 Å². The second-order valence-electron chi connectivity index (χ2n) is 8.56. The predicted octanol–water partition coefficient (Wildman–Crippen LogP) is 6.14. The zero-order chi connectivity index (χ0) is 24.9. The van der Waals surface area contributed by atoms with Crippen LogP contribution in [0.3, 0.4) is 0 Å². The van der Waals surface area contributed by atoms with Gasteiger partial charge in [-0.05, 0) is 67.7 Å². The Balaban J connectivity index is 1.35. The fourth-order valence-corrected chi connectivity index (χ4v) is 5.32. The highest BCUT2D eigenvalue weighted by atomic mass is 32.2. The van der Waals surface area contributed by atoms with E-state index in [0.717, 1.165) is 32.7 Å². The molecule has 0 aliphatic carbocycles. The van der Waals surface area contributed by atoms with E-state index in [1.54, 1.807) is 18.0 Å². The lowest BCUT2D eigenvalue weighted by Gasteiger charge is -2.25. The number of nitrogens with one attached hydrogen (secondary N) is 2. The number of rotatable bonds is 8. The van der Waals surface area contributed by atoms with Gasteiger partial charge in [0.1, 0.15) is 11.8 Å². The summed E-state index contributed by atoms with van der Waals surface area (Å²) >= 11 is 7.28. The van der Waals surface area contributed by atoms with Crippen molar-refractivity contribution in [3.8, 4) is 0 Å². The summed E-state index contributed by atoms with van der Waals surface area (Å²) < 4.78 is 6.31. The van der Waals surface area contributed by atoms with Gasteiger partial charge in [0.2, 0.25) is 5.91 Å². The Labute approximate surface area is 220 Å². The third-order valence-electron chi connectivity index (χ3n) is 5.97. The number of benzene rings is 2. The van der Waals surface area contributed by atoms with Crippen LogP contribution in [0.15, 0.2) is 106 Å². The number of hydrogen-bond acceptors (Lipinski definition) is 5. The highest BCUT2D eigenvalue weighted by molar-refractivity contribution is 7.99. The molecular weight excluding hydrogens is 488 g/mol. The molecule has 5 rings (SSSR count). The summed E-state index contributed by atoms with van der Waals surface area (Å²) in [5, 5.41) is 7.75. The largest absolute Gasteiger partial charge is 0.452 e. The van der Waals surface area contributed by atoms with Crippen LogP contribution in [-0.4, -0.2) is 27.4 Å². The van der Waals surface area contributed by atoms with Crippen molar-refractivity contribution >= 4 is 40.7 Å². The van der Waals surface area contributed by atoms with Gasteiger partial charge >= 0.3 is 0 Å². The van der Waals surface area contributed by atoms with Gasteiger partial charge in [-0.15, -0.1) is 0 Å². The molecule has 8 heteroatoms. The maximum Gasteiger partial charge on any atom is 0.226 e. The van der Waals surface area contributed by atoms with Gasteiger partial charge < -0.3 is 20.0 Å². The summed E-state index contributed by atoms with van der Waals surface area (Å²) in [5.41, 5.74) is 2.79. The number of carbonyl (C=O) groups is 1. The van der Waals surface area contributed by atoms with Crippen molar-refractivity contribution in [3.63, 3.8) is 0 Å². The lowest BCUT2D eigenvalue weighted by atomic mass is 10.0. The van der Waals surface area contributed by atoms with E-state index < -0.39 is 0 Å². The third-order valence-corrected chi connectivity index (χ3v) is 7.25. The minimum Gasteiger partial charge on any atom is -0.452 e. The molecule has 1 amide bonds. The Morgan fingerprint density at radius 1 is 1.06 bits per heavy atom. The molecule has 2 atom stereocenters. The minimum atomic E-state index is -0.232. The van der Waals surface area contributed by atoms with Crippen LogP contribution in [0.5, 0.6) is 0 Å². The molecule has 2 N–H and O–H groups in total. The normalized spacial score (nSPS) is 17.1. The SMILES string of the molecule is Cc1ccc(NC(=O)CCN2C(=S)NC(c3ccccn3)C2c2ccc(Sc3ccccc3)o2)cc1. The molecule has 0 radical (unpaired) electrons. The van der Waals surface area contributed by atoms with Crippen molar-refractivity contribution < 1.29 is 9.21 Å². The van der Waals surface area contributed by atoms with Crippen molar-refractivity contribution in [2.24, 2.45) is 0 Å². The fourth-order valence-electron chi connectivity index (χ4n) is 4.19. The molecule has 2 aromatic carbocycles. The zero-order valence-electron chi connectivity index (χ0n) is 19.8. The van der Waals surface area contributed by atoms with Crippen LogP contribution in [0.25, 0.3) is 0 Å². The van der Waals surface area contributed by atoms with Crippen LogP contribution in [-0.2, 0) is 4.79 Å². The van der Waals surface area contributed by atoms with Gasteiger partial charge in [0.25, 0.3) is 0 Å². The van der Waals surface area contributed by atoms with Crippen LogP contribution in [0.1, 0.15) is 35.5 Å². The van der Waals surface area contributed by atoms with Crippen LogP contribution in [0.4, 0.5) is 5.69 Å². The van der Waals surface area contributed by atoms with Gasteiger partial charge in [0, 0.05) is 29.7 Å². The maximum atomic E-state index is 12.7. The Kier molecular flexibility index (Phi) is 7.34. The Morgan fingerprint density at radius 2 is 1.83 bits per heavy atom. The number of carbonyl (C=O) groups excluding carboxylic acids is 1. The lowest BCUT2D eigenvalue weighted by Crippen LogP contribution is -2.32. The van der Waals surface area contributed by atoms with Gasteiger partial charge in [0.15, 0.2) is 10.2 Å². The van der Waals surface area contributed by atoms with Crippen molar-refractivity contribution in [1.82, 2.24) is 15.2 Å². The number of thiocarbonyl (C=S) groups is 1. The summed E-state index contributed by atoms with van der Waals surface area (Å²) in [6.07, 6.45) is 2.06. The smallest absolute Gasteiger partial charge is 0.226 e. The molecule has 2 aromatic heterocycles. The first-order valence-corrected chi connectivity index (χ1v) is 13.0. The first-order chi connectivity index (χ1) is 17.6. The molecule has 2 unspecified atom stereocenters. The zero-order valence-corrected chi connectivity index (χ0v) is 21.4. The number of furan rings is 1. The highest BCUT2D eigenvalue weighted by Gasteiger charge is 2.41. The number of anilines is 1. The molecule has 0 saturated carbocycles. The predicted molar refractivity (Wildman–Crippen MR) is 146 cm³/mol. The second kappa shape index (κ2) is 11.0. The molecular formula is C28H26N4O2S2. The average Bonchev–Trinajstić information content (AvgIpc) is 3.49. The standard InChI is InChI=1S/C28H26N4O2S2/c1-19-10-12-20(13-11-19)30-24(33)16-18-32-27(26(31-28(32)35)22-9-5-6-17-29-22)23-14-15-25(34-23)36-21-7-3-2-4-8-21/h2-15,17,26-27H,16,18H2,1H3,(H,30,33)(H,31,35). The number of hydrogen-bond donors (Lipinski definition) is 2. The molecule has 1 saturated heterocycles. The molecule has 3 heterocycles. The summed E-state index contributed by atoms with van der Waals surface area (Å²) in [7, 11) is 0. The third kappa shape index (κ3) is 5.61. The molecule has 0 spiro atoms. The minimum absolute atomic E-state index is 0.0681. The van der Waals surface area contributed by atoms with E-state index in [2.05, 4.69) is 27.8 Å². The van der Waals surface area contributed by atoms with Crippen molar-refractivity contribution in [3.05, 3.63) is 108 Å². The Hall–Kier alpha value is -3.62. The van der Waals surface area contributed by atoms with E-state index in [4.69, 9.17) is 16.6 Å². The molecule has 0 bridgehead atoms. The highest BCUT2D eigenvalue weighted by Crippen LogP contribution is 2.41. The average molecular weight is 515 g/mol. The number of aryl methyl sites for hydroxylation is 1. The summed E-state index contributed by atoms with van der Waals surface area (Å²) in [4.78, 5) is 20.4. The van der Waals surface area contributed by atoms with E-state index in [1.807, 2.05) is 84.6 Å². The molecule has 182 valence electrons. The molecule has 1 aliphatic rings. The van der Waals surface area contributed by atoms with Crippen molar-refractivity contribution in [2.75, 3.05) is 11.9 Å². The quantitative estimate of drug-likeness (QED) is 0.274. The maximum absolute atomic E-state index is 12.7. The summed E-state index contributed by atoms with van der Waals surface area (Å²) in [6, 6.07) is 27.2. The second-order valence-corrected chi connectivity index (χ2v) is 10.0. The first kappa shape index (κ1) is 24.1. The van der Waals surface area contributed by atoms with Crippen LogP contribution in [0.2, 0.25) is 0 Å². The van der Waals surface area contributed by atoms with Gasteiger partial charge in [-0.1, -0.05) is 53.7 Å². The molecule has 1 aliphatic heterocycles. The van der Waals surface area contributed by atoms with Gasteiger partial charge in [0.05, 0.1) is 11.7 Å². The Morgan fingerprint density at radius 3 is 2.58 bits per heavy atom.